The zero-order valence-electron chi connectivity index (χ0n) is 23.2. The zero-order valence-corrected chi connectivity index (χ0v) is 25.2. The molecular weight excluding hydrogens is 424 g/mol. The number of nitrogens with two attached hydrogens (primary N) is 2. The van der Waals surface area contributed by atoms with Crippen LogP contribution in [0.15, 0.2) is 0 Å². The Hall–Kier alpha value is 0.314. The summed E-state index contributed by atoms with van der Waals surface area (Å²) in [5.74, 6) is 4.68. The average molecular weight is 485 g/mol. The summed E-state index contributed by atoms with van der Waals surface area (Å²) in [6, 6.07) is 3.01. The van der Waals surface area contributed by atoms with E-state index in [-0.39, 0.29) is 0 Å². The van der Waals surface area contributed by atoms with Crippen LogP contribution in [0, 0.1) is 29.6 Å². The van der Waals surface area contributed by atoms with Crippen LogP contribution >= 0.6 is 0 Å². The lowest BCUT2D eigenvalue weighted by Gasteiger charge is -2.37. The van der Waals surface area contributed by atoms with Gasteiger partial charge in [-0.05, 0) is 113 Å². The van der Waals surface area contributed by atoms with Crippen LogP contribution in [0.1, 0.15) is 91.9 Å². The fourth-order valence-electron chi connectivity index (χ4n) is 6.07. The molecule has 3 nitrogen and oxygen atoms in total. The summed E-state index contributed by atoms with van der Waals surface area (Å²) in [4.78, 5) is 0. The van der Waals surface area contributed by atoms with Gasteiger partial charge in [0.2, 0.25) is 0 Å². The van der Waals surface area contributed by atoms with E-state index in [1.165, 1.54) is 69.9 Å². The predicted molar refractivity (Wildman–Crippen MR) is 149 cm³/mol. The van der Waals surface area contributed by atoms with E-state index in [1.807, 2.05) is 0 Å². The molecular formula is C27H60N2OSi2. The van der Waals surface area contributed by atoms with Crippen molar-refractivity contribution in [2.45, 2.75) is 136 Å². The number of hydrogen-bond acceptors (Lipinski definition) is 3. The molecule has 2 fully saturated rings. The Morgan fingerprint density at radius 3 is 1.78 bits per heavy atom. The minimum absolute atomic E-state index is 0.483. The molecule has 4 N–H and O–H groups in total. The van der Waals surface area contributed by atoms with Crippen molar-refractivity contribution in [3.05, 3.63) is 0 Å². The van der Waals surface area contributed by atoms with Crippen LogP contribution in [-0.2, 0) is 4.12 Å². The minimum atomic E-state index is -1.43. The second-order valence-electron chi connectivity index (χ2n) is 12.8. The summed E-state index contributed by atoms with van der Waals surface area (Å²) in [6.45, 7) is 19.7. The molecule has 0 amide bonds. The summed E-state index contributed by atoms with van der Waals surface area (Å²) in [6.07, 6.45) is 13.7. The van der Waals surface area contributed by atoms with Crippen LogP contribution in [0.25, 0.3) is 0 Å². The highest BCUT2D eigenvalue weighted by Gasteiger charge is 2.32. The summed E-state index contributed by atoms with van der Waals surface area (Å²) >= 11 is 0. The van der Waals surface area contributed by atoms with Gasteiger partial charge in [0.1, 0.15) is 0 Å². The van der Waals surface area contributed by atoms with E-state index in [9.17, 15) is 0 Å². The summed E-state index contributed by atoms with van der Waals surface area (Å²) < 4.78 is 6.45. The van der Waals surface area contributed by atoms with Gasteiger partial charge in [-0.1, -0.05) is 53.4 Å². The molecule has 0 aromatic heterocycles. The van der Waals surface area contributed by atoms with Crippen molar-refractivity contribution in [3.8, 4) is 0 Å². The van der Waals surface area contributed by atoms with Crippen molar-refractivity contribution in [2.75, 3.05) is 6.54 Å². The quantitative estimate of drug-likeness (QED) is 0.311. The third-order valence-corrected chi connectivity index (χ3v) is 15.9. The van der Waals surface area contributed by atoms with E-state index in [2.05, 4.69) is 53.9 Å². The van der Waals surface area contributed by atoms with Gasteiger partial charge in [-0.2, -0.15) is 0 Å². The standard InChI is InChI=1S/C16H31N.C11H29NOSi2/c1-11-4-5-14(8-12(11)2)10-15-6-7-16(17)13(3)9-15;1-6-7-10-14(2,3)13-15(4,5)11-8-9-12/h11-16H,4-10,17H2,1-3H3;6-12H2,1-5H3. The van der Waals surface area contributed by atoms with E-state index in [1.54, 1.807) is 0 Å². The maximum absolute atomic E-state index is 6.45. The molecule has 6 atom stereocenters. The maximum atomic E-state index is 6.45. The van der Waals surface area contributed by atoms with Crippen molar-refractivity contribution in [1.29, 1.82) is 0 Å². The van der Waals surface area contributed by atoms with E-state index in [4.69, 9.17) is 15.6 Å². The highest BCUT2D eigenvalue weighted by atomic mass is 28.4. The second kappa shape index (κ2) is 14.7. The third kappa shape index (κ3) is 12.1. The van der Waals surface area contributed by atoms with Gasteiger partial charge in [0, 0.05) is 6.04 Å². The molecule has 0 bridgehead atoms. The Morgan fingerprint density at radius 1 is 0.750 bits per heavy atom. The Kier molecular flexibility index (Phi) is 13.9. The van der Waals surface area contributed by atoms with Crippen LogP contribution in [-0.4, -0.2) is 29.2 Å². The minimum Gasteiger partial charge on any atom is -0.455 e. The molecule has 0 saturated heterocycles. The van der Waals surface area contributed by atoms with E-state index in [0.717, 1.165) is 42.6 Å². The number of hydrogen-bond donors (Lipinski definition) is 2. The molecule has 2 aliphatic carbocycles. The molecule has 2 aliphatic rings. The fourth-order valence-corrected chi connectivity index (χ4v) is 15.1. The number of rotatable bonds is 10. The molecule has 0 aromatic carbocycles. The Bertz CT molecular complexity index is 458. The first-order valence-corrected chi connectivity index (χ1v) is 20.3. The highest BCUT2D eigenvalue weighted by molar-refractivity contribution is 6.84. The molecule has 6 unspecified atom stereocenters. The smallest absolute Gasteiger partial charge is 0.173 e. The van der Waals surface area contributed by atoms with Crippen molar-refractivity contribution >= 4 is 16.6 Å². The van der Waals surface area contributed by atoms with Crippen LogP contribution in [0.5, 0.6) is 0 Å². The van der Waals surface area contributed by atoms with Crippen molar-refractivity contribution in [3.63, 3.8) is 0 Å². The summed E-state index contributed by atoms with van der Waals surface area (Å²) in [5.41, 5.74) is 11.7. The fraction of sp³-hybridized carbons (Fsp3) is 1.00. The third-order valence-electron chi connectivity index (χ3n) is 8.39. The molecule has 0 heterocycles. The van der Waals surface area contributed by atoms with Crippen molar-refractivity contribution < 1.29 is 4.12 Å². The maximum Gasteiger partial charge on any atom is 0.173 e. The normalized spacial score (nSPS) is 31.7. The Balaban J connectivity index is 0.000000324. The molecule has 192 valence electrons. The topological polar surface area (TPSA) is 61.3 Å². The molecule has 0 aliphatic heterocycles. The molecule has 2 saturated carbocycles. The van der Waals surface area contributed by atoms with Crippen LogP contribution in [0.4, 0.5) is 0 Å². The summed E-state index contributed by atoms with van der Waals surface area (Å²) in [5, 5.41) is 0. The SMILES string of the molecule is CC1CCC(CC2CCC(N)C(C)C2)CC1C.CCCC[Si](C)(C)O[Si](C)(C)CCCN. The lowest BCUT2D eigenvalue weighted by atomic mass is 9.69. The lowest BCUT2D eigenvalue weighted by Crippen LogP contribution is -2.44. The number of unbranched alkanes of at least 4 members (excludes halogenated alkanes) is 1. The average Bonchev–Trinajstić information content (AvgIpc) is 2.70. The van der Waals surface area contributed by atoms with Gasteiger partial charge < -0.3 is 15.6 Å². The van der Waals surface area contributed by atoms with Gasteiger partial charge in [-0.3, -0.25) is 0 Å². The first-order chi connectivity index (χ1) is 14.9. The molecule has 0 radical (unpaired) electrons. The van der Waals surface area contributed by atoms with Crippen molar-refractivity contribution in [2.24, 2.45) is 41.1 Å². The molecule has 2 rings (SSSR count). The first kappa shape index (κ1) is 30.3. The van der Waals surface area contributed by atoms with Gasteiger partial charge in [0.15, 0.2) is 16.6 Å². The Morgan fingerprint density at radius 2 is 1.28 bits per heavy atom. The molecule has 32 heavy (non-hydrogen) atoms. The second-order valence-corrected chi connectivity index (χ2v) is 21.7. The highest BCUT2D eigenvalue weighted by Crippen LogP contribution is 2.40. The molecule has 0 aromatic rings. The largest absolute Gasteiger partial charge is 0.455 e. The van der Waals surface area contributed by atoms with E-state index in [0.29, 0.717) is 6.04 Å². The van der Waals surface area contributed by atoms with Crippen LogP contribution in [0.2, 0.25) is 38.3 Å². The summed E-state index contributed by atoms with van der Waals surface area (Å²) in [7, 11) is -2.82. The zero-order chi connectivity index (χ0) is 24.4. The van der Waals surface area contributed by atoms with Gasteiger partial charge in [0.05, 0.1) is 0 Å². The first-order valence-electron chi connectivity index (χ1n) is 14.0. The van der Waals surface area contributed by atoms with Gasteiger partial charge in [-0.15, -0.1) is 0 Å². The lowest BCUT2D eigenvalue weighted by molar-refractivity contribution is 0.152. The van der Waals surface area contributed by atoms with E-state index < -0.39 is 16.6 Å². The van der Waals surface area contributed by atoms with Gasteiger partial charge in [-0.25, -0.2) is 0 Å². The Labute approximate surface area is 204 Å². The van der Waals surface area contributed by atoms with Crippen LogP contribution < -0.4 is 11.5 Å². The van der Waals surface area contributed by atoms with Gasteiger partial charge in [0.25, 0.3) is 0 Å². The van der Waals surface area contributed by atoms with Gasteiger partial charge >= 0.3 is 0 Å². The van der Waals surface area contributed by atoms with E-state index >= 15 is 0 Å². The van der Waals surface area contributed by atoms with Crippen LogP contribution in [0.3, 0.4) is 0 Å². The molecule has 5 heteroatoms. The predicted octanol–water partition coefficient (Wildman–Crippen LogP) is 7.77. The monoisotopic (exact) mass is 484 g/mol. The molecule has 0 spiro atoms. The van der Waals surface area contributed by atoms with Crippen molar-refractivity contribution in [1.82, 2.24) is 0 Å².